The first-order valence-corrected chi connectivity index (χ1v) is 20.7. The fourth-order valence-corrected chi connectivity index (χ4v) is 6.43. The van der Waals surface area contributed by atoms with E-state index in [-0.39, 0.29) is 64.7 Å². The number of aliphatic hydroxyl groups is 1. The van der Waals surface area contributed by atoms with Crippen LogP contribution in [0.2, 0.25) is 0 Å². The van der Waals surface area contributed by atoms with Crippen molar-refractivity contribution in [3.8, 4) is 0 Å². The molecule has 0 unspecified atom stereocenters. The highest BCUT2D eigenvalue weighted by molar-refractivity contribution is 5.69. The molecule has 1 N–H and O–H groups in total. The molecule has 0 bridgehead atoms. The number of β-amino-alcohol motifs (C(OH)–C–C–N with tert-alkyl or cyclic N) is 1. The standard InChI is InChI=1S/C39H69F9N2O6/c40-37(41,42)18-10-4-1-7-13-28-53-31-36(32-54-29-14-8-2-5-11-19-38(43,44)45,33-55-30-15-9-3-6-12-20-39(46,47)48)34-56-35(52)17-16-21-49-22-24-50(25-23-49)26-27-51/h51H,1-34H2. The molecule has 17 heteroatoms. The van der Waals surface area contributed by atoms with Gasteiger partial charge in [-0.3, -0.25) is 9.69 Å². The molecule has 0 atom stereocenters. The van der Waals surface area contributed by atoms with Gasteiger partial charge >= 0.3 is 24.5 Å². The van der Waals surface area contributed by atoms with Crippen molar-refractivity contribution in [1.29, 1.82) is 0 Å². The van der Waals surface area contributed by atoms with Crippen molar-refractivity contribution in [2.24, 2.45) is 5.41 Å². The third-order valence-corrected chi connectivity index (χ3v) is 9.75. The van der Waals surface area contributed by atoms with E-state index in [1.54, 1.807) is 0 Å². The van der Waals surface area contributed by atoms with Crippen LogP contribution in [0.25, 0.3) is 0 Å². The summed E-state index contributed by atoms with van der Waals surface area (Å²) in [6.07, 6.45) is -6.60. The minimum atomic E-state index is -4.16. The Morgan fingerprint density at radius 2 is 0.804 bits per heavy atom. The zero-order chi connectivity index (χ0) is 41.6. The molecule has 1 aliphatic rings. The number of nitrogens with zero attached hydrogens (tertiary/aromatic N) is 2. The molecule has 8 nitrogen and oxygen atoms in total. The SMILES string of the molecule is O=C(CCCN1CCN(CCO)CC1)OCC(COCCCCCCCC(F)(F)F)(COCCCCCCCC(F)(F)F)COCCCCCCCC(F)(F)F. The monoisotopic (exact) mass is 833 g/mol. The molecule has 0 saturated carbocycles. The molecule has 0 aromatic rings. The Kier molecular flexibility index (Phi) is 28.8. The van der Waals surface area contributed by atoms with Crippen LogP contribution in [-0.2, 0) is 23.7 Å². The van der Waals surface area contributed by atoms with Crippen molar-refractivity contribution in [2.75, 3.05) is 92.1 Å². The van der Waals surface area contributed by atoms with E-state index < -0.39 is 43.2 Å². The highest BCUT2D eigenvalue weighted by Crippen LogP contribution is 2.26. The van der Waals surface area contributed by atoms with Gasteiger partial charge in [-0.1, -0.05) is 57.8 Å². The number of carbonyl (C=O) groups excluding carboxylic acids is 1. The van der Waals surface area contributed by atoms with Gasteiger partial charge in [0.2, 0.25) is 0 Å². The van der Waals surface area contributed by atoms with E-state index in [0.717, 1.165) is 32.7 Å². The highest BCUT2D eigenvalue weighted by Gasteiger charge is 2.34. The number of halogens is 9. The summed E-state index contributed by atoms with van der Waals surface area (Å²) in [4.78, 5) is 17.4. The third kappa shape index (κ3) is 32.5. The van der Waals surface area contributed by atoms with Gasteiger partial charge in [-0.25, -0.2) is 0 Å². The lowest BCUT2D eigenvalue weighted by Crippen LogP contribution is -2.47. The van der Waals surface area contributed by atoms with Crippen molar-refractivity contribution in [1.82, 2.24) is 9.80 Å². The average molecular weight is 833 g/mol. The van der Waals surface area contributed by atoms with Crippen LogP contribution in [0.5, 0.6) is 0 Å². The van der Waals surface area contributed by atoms with Crippen molar-refractivity contribution in [3.63, 3.8) is 0 Å². The van der Waals surface area contributed by atoms with Crippen LogP contribution in [0.15, 0.2) is 0 Å². The van der Waals surface area contributed by atoms with Gasteiger partial charge in [0, 0.05) is 78.2 Å². The number of rotatable bonds is 35. The number of esters is 1. The minimum Gasteiger partial charge on any atom is -0.465 e. The molecule has 0 amide bonds. The summed E-state index contributed by atoms with van der Waals surface area (Å²) in [7, 11) is 0. The lowest BCUT2D eigenvalue weighted by atomic mass is 9.92. The minimum absolute atomic E-state index is 0.0575. The molecule has 0 radical (unpaired) electrons. The topological polar surface area (TPSA) is 80.7 Å². The molecule has 0 spiro atoms. The molecule has 1 fully saturated rings. The van der Waals surface area contributed by atoms with Crippen LogP contribution in [0, 0.1) is 5.41 Å². The molecule has 0 aromatic heterocycles. The number of piperazine rings is 1. The maximum atomic E-state index is 12.9. The van der Waals surface area contributed by atoms with Crippen LogP contribution in [0.1, 0.15) is 128 Å². The van der Waals surface area contributed by atoms with E-state index in [0.29, 0.717) is 110 Å². The van der Waals surface area contributed by atoms with Gasteiger partial charge < -0.3 is 29.0 Å². The lowest BCUT2D eigenvalue weighted by molar-refractivity contribution is -0.156. The Labute approximate surface area is 328 Å². The largest absolute Gasteiger partial charge is 0.465 e. The van der Waals surface area contributed by atoms with Crippen molar-refractivity contribution >= 4 is 5.97 Å². The van der Waals surface area contributed by atoms with Gasteiger partial charge in [0.25, 0.3) is 0 Å². The summed E-state index contributed by atoms with van der Waals surface area (Å²) in [5.74, 6) is -0.384. The Morgan fingerprint density at radius 3 is 1.16 bits per heavy atom. The van der Waals surface area contributed by atoms with Crippen LogP contribution in [0.3, 0.4) is 0 Å². The molecular formula is C39H69F9N2O6. The quantitative estimate of drug-likeness (QED) is 0.0385. The maximum Gasteiger partial charge on any atom is 0.389 e. The fourth-order valence-electron chi connectivity index (χ4n) is 6.43. The van der Waals surface area contributed by atoms with E-state index in [4.69, 9.17) is 24.1 Å². The molecule has 1 heterocycles. The summed E-state index contributed by atoms with van der Waals surface area (Å²) in [5.41, 5.74) is -0.898. The highest BCUT2D eigenvalue weighted by atomic mass is 19.4. The number of hydrogen-bond acceptors (Lipinski definition) is 8. The summed E-state index contributed by atoms with van der Waals surface area (Å²) < 4.78 is 136. The Hall–Kier alpha value is -1.40. The first-order chi connectivity index (χ1) is 26.5. The molecule has 0 aliphatic carbocycles. The molecule has 1 aliphatic heterocycles. The summed E-state index contributed by atoms with van der Waals surface area (Å²) in [6, 6.07) is 0. The summed E-state index contributed by atoms with van der Waals surface area (Å²) in [6.45, 7) is 6.14. The van der Waals surface area contributed by atoms with Gasteiger partial charge in [0.1, 0.15) is 6.61 Å². The fraction of sp³-hybridized carbons (Fsp3) is 0.974. The van der Waals surface area contributed by atoms with Crippen LogP contribution >= 0.6 is 0 Å². The van der Waals surface area contributed by atoms with Gasteiger partial charge in [0.05, 0.1) is 31.8 Å². The smallest absolute Gasteiger partial charge is 0.389 e. The van der Waals surface area contributed by atoms with Crippen LogP contribution in [0.4, 0.5) is 39.5 Å². The van der Waals surface area contributed by atoms with Crippen LogP contribution < -0.4 is 0 Å². The average Bonchev–Trinajstić information content (AvgIpc) is 3.11. The van der Waals surface area contributed by atoms with Gasteiger partial charge in [0.15, 0.2) is 0 Å². The number of alkyl halides is 9. The lowest BCUT2D eigenvalue weighted by Gasteiger charge is -2.34. The second kappa shape index (κ2) is 30.6. The van der Waals surface area contributed by atoms with Crippen molar-refractivity contribution in [3.05, 3.63) is 0 Å². The molecule has 334 valence electrons. The Bertz CT molecular complexity index is 871. The Balaban J connectivity index is 2.74. The van der Waals surface area contributed by atoms with E-state index in [2.05, 4.69) is 9.80 Å². The maximum absolute atomic E-state index is 12.9. The zero-order valence-corrected chi connectivity index (χ0v) is 33.3. The van der Waals surface area contributed by atoms with E-state index in [1.165, 1.54) is 0 Å². The number of carbonyl (C=O) groups is 1. The summed E-state index contributed by atoms with van der Waals surface area (Å²) in [5, 5.41) is 9.16. The first-order valence-electron chi connectivity index (χ1n) is 20.7. The van der Waals surface area contributed by atoms with Gasteiger partial charge in [-0.15, -0.1) is 0 Å². The summed E-state index contributed by atoms with van der Waals surface area (Å²) >= 11 is 0. The number of hydrogen-bond donors (Lipinski definition) is 1. The molecule has 0 aromatic carbocycles. The van der Waals surface area contributed by atoms with Crippen molar-refractivity contribution < 1.29 is 68.4 Å². The predicted octanol–water partition coefficient (Wildman–Crippen LogP) is 9.66. The number of unbranched alkanes of at least 4 members (excludes halogenated alkanes) is 12. The number of aliphatic hydroxyl groups excluding tert-OH is 1. The van der Waals surface area contributed by atoms with Crippen LogP contribution in [-0.4, -0.2) is 132 Å². The van der Waals surface area contributed by atoms with Crippen molar-refractivity contribution in [2.45, 2.75) is 147 Å². The van der Waals surface area contributed by atoms with E-state index >= 15 is 0 Å². The Morgan fingerprint density at radius 1 is 0.464 bits per heavy atom. The number of ether oxygens (including phenoxy) is 4. The first kappa shape index (κ1) is 52.6. The predicted molar refractivity (Wildman–Crippen MR) is 196 cm³/mol. The second-order valence-electron chi connectivity index (χ2n) is 15.2. The third-order valence-electron chi connectivity index (χ3n) is 9.75. The molecular weight excluding hydrogens is 763 g/mol. The molecule has 1 saturated heterocycles. The normalized spacial score (nSPS) is 15.2. The zero-order valence-electron chi connectivity index (χ0n) is 33.3. The van der Waals surface area contributed by atoms with Gasteiger partial charge in [-0.05, 0) is 51.5 Å². The van der Waals surface area contributed by atoms with E-state index in [1.807, 2.05) is 0 Å². The van der Waals surface area contributed by atoms with E-state index in [9.17, 15) is 44.3 Å². The molecule has 56 heavy (non-hydrogen) atoms. The van der Waals surface area contributed by atoms with Gasteiger partial charge in [-0.2, -0.15) is 39.5 Å². The molecule has 1 rings (SSSR count). The second-order valence-corrected chi connectivity index (χ2v) is 15.2.